The zero-order chi connectivity index (χ0) is 20.1. The van der Waals surface area contributed by atoms with Crippen LogP contribution >= 0.6 is 0 Å². The molecule has 1 heterocycles. The Bertz CT molecular complexity index is 1090. The summed E-state index contributed by atoms with van der Waals surface area (Å²) >= 11 is 0. The minimum Gasteiger partial charge on any atom is -0.416 e. The molecule has 1 N–H and O–H groups in total. The fourth-order valence-electron chi connectivity index (χ4n) is 3.25. The average Bonchev–Trinajstić information content (AvgIpc) is 3.26. The summed E-state index contributed by atoms with van der Waals surface area (Å²) in [4.78, 5) is 12.8. The van der Waals surface area contributed by atoms with Crippen molar-refractivity contribution in [2.24, 2.45) is 0 Å². The summed E-state index contributed by atoms with van der Waals surface area (Å²) in [6.45, 7) is 2.01. The zero-order valence-corrected chi connectivity index (χ0v) is 16.1. The first kappa shape index (κ1) is 18.6. The molecule has 0 spiro atoms. The molecule has 0 aliphatic heterocycles. The lowest BCUT2D eigenvalue weighted by atomic mass is 9.95. The van der Waals surface area contributed by atoms with E-state index in [4.69, 9.17) is 4.42 Å². The molecule has 5 nitrogen and oxygen atoms in total. The van der Waals surface area contributed by atoms with Gasteiger partial charge in [0.25, 0.3) is 0 Å². The average molecular weight is 383 g/mol. The van der Waals surface area contributed by atoms with Crippen LogP contribution in [0.5, 0.6) is 0 Å². The van der Waals surface area contributed by atoms with Crippen molar-refractivity contribution >= 4 is 11.6 Å². The topological polar surface area (TPSA) is 68.0 Å². The van der Waals surface area contributed by atoms with Crippen LogP contribution in [0, 0.1) is 0 Å². The lowest BCUT2D eigenvalue weighted by Gasteiger charge is -2.15. The van der Waals surface area contributed by atoms with Gasteiger partial charge in [-0.05, 0) is 42.3 Å². The summed E-state index contributed by atoms with van der Waals surface area (Å²) in [5.74, 6) is 0.638. The van der Waals surface area contributed by atoms with Crippen LogP contribution in [0.4, 0.5) is 5.69 Å². The monoisotopic (exact) mass is 383 g/mol. The van der Waals surface area contributed by atoms with Gasteiger partial charge < -0.3 is 9.73 Å². The quantitative estimate of drug-likeness (QED) is 0.475. The summed E-state index contributed by atoms with van der Waals surface area (Å²) in [6, 6.07) is 26.9. The van der Waals surface area contributed by atoms with Gasteiger partial charge in [-0.1, -0.05) is 61.5 Å². The molecule has 1 atom stereocenters. The molecule has 0 radical (unpaired) electrons. The summed E-state index contributed by atoms with van der Waals surface area (Å²) in [6.07, 6.45) is 0.722. The molecule has 144 valence electrons. The Kier molecular flexibility index (Phi) is 5.47. The second-order valence-corrected chi connectivity index (χ2v) is 6.72. The highest BCUT2D eigenvalue weighted by Gasteiger charge is 2.19. The van der Waals surface area contributed by atoms with Crippen molar-refractivity contribution in [3.63, 3.8) is 0 Å². The van der Waals surface area contributed by atoms with Crippen LogP contribution in [-0.4, -0.2) is 16.1 Å². The fraction of sp³-hybridized carbons (Fsp3) is 0.125. The van der Waals surface area contributed by atoms with E-state index in [1.165, 1.54) is 0 Å². The number of hydrogen-bond acceptors (Lipinski definition) is 4. The molecule has 3 aromatic carbocycles. The number of anilines is 1. The van der Waals surface area contributed by atoms with Gasteiger partial charge in [-0.2, -0.15) is 0 Å². The van der Waals surface area contributed by atoms with E-state index in [0.717, 1.165) is 23.1 Å². The highest BCUT2D eigenvalue weighted by atomic mass is 16.4. The molecule has 4 aromatic rings. The number of amides is 1. The number of rotatable bonds is 6. The molecule has 1 aromatic heterocycles. The third kappa shape index (κ3) is 4.24. The van der Waals surface area contributed by atoms with Gasteiger partial charge in [0.2, 0.25) is 17.7 Å². The minimum atomic E-state index is -0.201. The Morgan fingerprint density at radius 1 is 0.862 bits per heavy atom. The smallest absolute Gasteiger partial charge is 0.248 e. The number of aromatic nitrogens is 2. The van der Waals surface area contributed by atoms with Crippen LogP contribution in [0.25, 0.3) is 22.9 Å². The number of hydrogen-bond donors (Lipinski definition) is 1. The number of nitrogens with zero attached hydrogens (tertiary/aromatic N) is 2. The number of nitrogens with one attached hydrogen (secondary N) is 1. The molecule has 1 amide bonds. The Morgan fingerprint density at radius 2 is 1.48 bits per heavy atom. The van der Waals surface area contributed by atoms with Gasteiger partial charge in [-0.25, -0.2) is 0 Å². The first-order valence-corrected chi connectivity index (χ1v) is 9.60. The highest BCUT2D eigenvalue weighted by molar-refractivity contribution is 5.96. The number of benzene rings is 3. The van der Waals surface area contributed by atoms with Crippen molar-refractivity contribution in [2.45, 2.75) is 19.3 Å². The Hall–Kier alpha value is -3.73. The van der Waals surface area contributed by atoms with Crippen molar-refractivity contribution in [2.75, 3.05) is 5.32 Å². The first-order chi connectivity index (χ1) is 14.2. The van der Waals surface area contributed by atoms with Gasteiger partial charge in [0.15, 0.2) is 0 Å². The summed E-state index contributed by atoms with van der Waals surface area (Å²) < 4.78 is 5.82. The largest absolute Gasteiger partial charge is 0.416 e. The van der Waals surface area contributed by atoms with E-state index in [1.807, 2.05) is 91.9 Å². The molecule has 4 rings (SSSR count). The van der Waals surface area contributed by atoms with Gasteiger partial charge in [0.05, 0.1) is 5.92 Å². The van der Waals surface area contributed by atoms with Gasteiger partial charge in [0, 0.05) is 16.8 Å². The van der Waals surface area contributed by atoms with E-state index >= 15 is 0 Å². The first-order valence-electron chi connectivity index (χ1n) is 9.60. The molecular weight excluding hydrogens is 362 g/mol. The molecule has 0 fully saturated rings. The van der Waals surface area contributed by atoms with Gasteiger partial charge in [-0.3, -0.25) is 4.79 Å². The van der Waals surface area contributed by atoms with Gasteiger partial charge in [0.1, 0.15) is 0 Å². The normalized spacial score (nSPS) is 11.8. The molecule has 5 heteroatoms. The molecular formula is C24H21N3O2. The Balaban J connectivity index is 1.53. The standard InChI is InChI=1S/C24H21N3O2/c1-2-21(17-10-5-3-6-11-17)22(28)25-20-15-9-14-19(16-20)24-27-26-23(29-24)18-12-7-4-8-13-18/h3-16,21H,2H2,1H3,(H,25,28)/t21-/m1/s1. The SMILES string of the molecule is CC[C@@H](C(=O)Nc1cccc(-c2nnc(-c3ccccc3)o2)c1)c1ccccc1. The summed E-state index contributed by atoms with van der Waals surface area (Å²) in [7, 11) is 0. The van der Waals surface area contributed by atoms with Gasteiger partial charge in [-0.15, -0.1) is 10.2 Å². The molecule has 0 aliphatic carbocycles. The Morgan fingerprint density at radius 3 is 2.17 bits per heavy atom. The van der Waals surface area contributed by atoms with Crippen molar-refractivity contribution in [1.82, 2.24) is 10.2 Å². The third-order valence-corrected chi connectivity index (χ3v) is 4.75. The summed E-state index contributed by atoms with van der Waals surface area (Å²) in [5.41, 5.74) is 3.32. The Labute approximate surface area is 169 Å². The van der Waals surface area contributed by atoms with Gasteiger partial charge >= 0.3 is 0 Å². The van der Waals surface area contributed by atoms with Crippen LogP contribution in [0.1, 0.15) is 24.8 Å². The molecule has 0 bridgehead atoms. The van der Waals surface area contributed by atoms with E-state index in [1.54, 1.807) is 0 Å². The molecule has 29 heavy (non-hydrogen) atoms. The van der Waals surface area contributed by atoms with Crippen molar-refractivity contribution < 1.29 is 9.21 Å². The van der Waals surface area contributed by atoms with Crippen molar-refractivity contribution in [1.29, 1.82) is 0 Å². The maximum atomic E-state index is 12.8. The maximum Gasteiger partial charge on any atom is 0.248 e. The highest BCUT2D eigenvalue weighted by Crippen LogP contribution is 2.27. The summed E-state index contributed by atoms with van der Waals surface area (Å²) in [5, 5.41) is 11.3. The van der Waals surface area contributed by atoms with E-state index in [-0.39, 0.29) is 11.8 Å². The minimum absolute atomic E-state index is 0.0358. The van der Waals surface area contributed by atoms with Crippen LogP contribution in [0.2, 0.25) is 0 Å². The molecule has 0 saturated carbocycles. The van der Waals surface area contributed by atoms with Crippen LogP contribution < -0.4 is 5.32 Å². The fourth-order valence-corrected chi connectivity index (χ4v) is 3.25. The van der Waals surface area contributed by atoms with Crippen molar-refractivity contribution in [3.05, 3.63) is 90.5 Å². The molecule has 0 aliphatic rings. The predicted molar refractivity (Wildman–Crippen MR) is 113 cm³/mol. The lowest BCUT2D eigenvalue weighted by molar-refractivity contribution is -0.117. The van der Waals surface area contributed by atoms with Crippen LogP contribution in [0.3, 0.4) is 0 Å². The predicted octanol–water partition coefficient (Wildman–Crippen LogP) is 5.54. The van der Waals surface area contributed by atoms with Crippen LogP contribution in [0.15, 0.2) is 89.3 Å². The zero-order valence-electron chi connectivity index (χ0n) is 16.1. The van der Waals surface area contributed by atoms with E-state index in [9.17, 15) is 4.79 Å². The molecule has 0 saturated heterocycles. The number of carbonyl (C=O) groups excluding carboxylic acids is 1. The van der Waals surface area contributed by atoms with Crippen LogP contribution in [-0.2, 0) is 4.79 Å². The second kappa shape index (κ2) is 8.52. The lowest BCUT2D eigenvalue weighted by Crippen LogP contribution is -2.20. The third-order valence-electron chi connectivity index (χ3n) is 4.75. The van der Waals surface area contributed by atoms with E-state index in [2.05, 4.69) is 15.5 Å². The van der Waals surface area contributed by atoms with E-state index in [0.29, 0.717) is 17.5 Å². The van der Waals surface area contributed by atoms with Crippen molar-refractivity contribution in [3.8, 4) is 22.9 Å². The van der Waals surface area contributed by atoms with E-state index < -0.39 is 0 Å². The molecule has 0 unspecified atom stereocenters. The number of carbonyl (C=O) groups is 1. The second-order valence-electron chi connectivity index (χ2n) is 6.72. The maximum absolute atomic E-state index is 12.8.